The number of aromatic amines is 1. The van der Waals surface area contributed by atoms with E-state index in [4.69, 9.17) is 4.74 Å². The Morgan fingerprint density at radius 3 is 2.71 bits per heavy atom. The van der Waals surface area contributed by atoms with E-state index in [2.05, 4.69) is 68.6 Å². The van der Waals surface area contributed by atoms with Crippen molar-refractivity contribution >= 4 is 34.6 Å². The number of carbonyl (C=O) groups excluding carboxylic acids is 1. The second-order valence-electron chi connectivity index (χ2n) is 7.51. The van der Waals surface area contributed by atoms with Gasteiger partial charge in [0.1, 0.15) is 0 Å². The molecule has 2 aromatic carbocycles. The summed E-state index contributed by atoms with van der Waals surface area (Å²) in [6, 6.07) is 15.2. The van der Waals surface area contributed by atoms with Crippen LogP contribution in [0.5, 0.6) is 0 Å². The topological polar surface area (TPSA) is 71.1 Å². The maximum absolute atomic E-state index is 11.6. The zero-order valence-corrected chi connectivity index (χ0v) is 18.2. The summed E-state index contributed by atoms with van der Waals surface area (Å²) in [6.07, 6.45) is 6.04. The summed E-state index contributed by atoms with van der Waals surface area (Å²) in [7, 11) is 1.35. The molecule has 0 aliphatic carbocycles. The number of carbonyl (C=O) groups is 1. The zero-order chi connectivity index (χ0) is 21.4. The van der Waals surface area contributed by atoms with Crippen LogP contribution in [0.3, 0.4) is 0 Å². The first-order valence-electron chi connectivity index (χ1n) is 10.1. The number of aromatic nitrogens is 3. The molecule has 2 aromatic heterocycles. The van der Waals surface area contributed by atoms with Crippen molar-refractivity contribution in [3.8, 4) is 11.1 Å². The van der Waals surface area contributed by atoms with Gasteiger partial charge in [-0.05, 0) is 41.6 Å². The molecule has 0 amide bonds. The highest BCUT2D eigenvalue weighted by atomic mass is 32.2. The lowest BCUT2D eigenvalue weighted by Crippen LogP contribution is -2.31. The van der Waals surface area contributed by atoms with E-state index in [1.165, 1.54) is 52.2 Å². The Hall–Kier alpha value is -3.32. The van der Waals surface area contributed by atoms with Gasteiger partial charge in [0.15, 0.2) is 0 Å². The molecule has 4 aromatic rings. The molecule has 0 saturated carbocycles. The van der Waals surface area contributed by atoms with Crippen molar-refractivity contribution in [1.29, 1.82) is 0 Å². The van der Waals surface area contributed by atoms with Crippen LogP contribution in [-0.4, -0.2) is 40.8 Å². The van der Waals surface area contributed by atoms with Crippen LogP contribution in [0.1, 0.15) is 21.6 Å². The van der Waals surface area contributed by atoms with Crippen LogP contribution in [0.25, 0.3) is 22.0 Å². The molecule has 31 heavy (non-hydrogen) atoms. The molecule has 5 rings (SSSR count). The van der Waals surface area contributed by atoms with E-state index in [0.29, 0.717) is 11.5 Å². The largest absolute Gasteiger partial charge is 0.465 e. The average molecular weight is 431 g/mol. The van der Waals surface area contributed by atoms with Crippen molar-refractivity contribution in [3.05, 3.63) is 71.7 Å². The van der Waals surface area contributed by atoms with Gasteiger partial charge in [-0.25, -0.2) is 14.8 Å². The number of ether oxygens (including phenoxy) is 1. The number of H-pyrrole nitrogens is 1. The van der Waals surface area contributed by atoms with Crippen LogP contribution < -0.4 is 4.90 Å². The van der Waals surface area contributed by atoms with Gasteiger partial charge in [-0.1, -0.05) is 18.2 Å². The number of fused-ring (bicyclic) bond motifs is 3. The van der Waals surface area contributed by atoms with Crippen LogP contribution in [0.15, 0.2) is 59.8 Å². The molecule has 0 atom stereocenters. The lowest BCUT2D eigenvalue weighted by Gasteiger charge is -2.27. The summed E-state index contributed by atoms with van der Waals surface area (Å²) in [5.74, 6) is 0.193. The van der Waals surface area contributed by atoms with Crippen molar-refractivity contribution in [2.45, 2.75) is 17.9 Å². The first-order chi connectivity index (χ1) is 15.2. The number of hydrogen-bond acceptors (Lipinski definition) is 6. The van der Waals surface area contributed by atoms with E-state index in [0.717, 1.165) is 25.0 Å². The number of esters is 1. The fourth-order valence-electron chi connectivity index (χ4n) is 4.07. The molecule has 1 aliphatic heterocycles. The third kappa shape index (κ3) is 3.65. The summed E-state index contributed by atoms with van der Waals surface area (Å²) in [5.41, 5.74) is 6.49. The van der Waals surface area contributed by atoms with Gasteiger partial charge < -0.3 is 14.6 Å². The van der Waals surface area contributed by atoms with E-state index in [9.17, 15) is 4.79 Å². The van der Waals surface area contributed by atoms with E-state index < -0.39 is 5.97 Å². The Morgan fingerprint density at radius 2 is 1.94 bits per heavy atom. The minimum absolute atomic E-state index is 0.355. The predicted octanol–water partition coefficient (Wildman–Crippen LogP) is 4.70. The molecule has 0 spiro atoms. The van der Waals surface area contributed by atoms with Crippen LogP contribution in [-0.2, 0) is 17.7 Å². The number of nitrogens with one attached hydrogen (secondary N) is 1. The quantitative estimate of drug-likeness (QED) is 0.374. The van der Waals surface area contributed by atoms with Crippen molar-refractivity contribution < 1.29 is 9.53 Å². The molecule has 0 radical (unpaired) electrons. The minimum Gasteiger partial charge on any atom is -0.465 e. The maximum atomic E-state index is 11.6. The number of nitrogens with zero attached hydrogens (tertiary/aromatic N) is 3. The fourth-order valence-corrected chi connectivity index (χ4v) is 4.53. The smallest absolute Gasteiger partial charge is 0.341 e. The first kappa shape index (κ1) is 19.6. The molecule has 156 valence electrons. The third-order valence-electron chi connectivity index (χ3n) is 5.72. The normalized spacial score (nSPS) is 13.3. The van der Waals surface area contributed by atoms with Gasteiger partial charge in [0.05, 0.1) is 12.7 Å². The Balaban J connectivity index is 1.48. The minimum atomic E-state index is -0.429. The van der Waals surface area contributed by atoms with Crippen molar-refractivity contribution in [2.24, 2.45) is 0 Å². The third-order valence-corrected chi connectivity index (χ3v) is 6.45. The molecular weight excluding hydrogens is 408 g/mol. The lowest BCUT2D eigenvalue weighted by molar-refractivity contribution is 0.0600. The average Bonchev–Trinajstić information content (AvgIpc) is 3.20. The van der Waals surface area contributed by atoms with E-state index in [1.54, 1.807) is 11.8 Å². The number of thioether (sulfide) groups is 1. The van der Waals surface area contributed by atoms with Crippen molar-refractivity contribution in [2.75, 3.05) is 24.8 Å². The van der Waals surface area contributed by atoms with E-state index >= 15 is 0 Å². The molecule has 1 aliphatic rings. The predicted molar refractivity (Wildman–Crippen MR) is 124 cm³/mol. The Bertz CT molecular complexity index is 1270. The van der Waals surface area contributed by atoms with Crippen molar-refractivity contribution in [3.63, 3.8) is 0 Å². The highest BCUT2D eigenvalue weighted by molar-refractivity contribution is 7.98. The Labute approximate surface area is 184 Å². The molecule has 0 unspecified atom stereocenters. The number of benzene rings is 2. The van der Waals surface area contributed by atoms with Gasteiger partial charge in [-0.2, -0.15) is 0 Å². The molecule has 0 bridgehead atoms. The van der Waals surface area contributed by atoms with E-state index in [1.807, 2.05) is 0 Å². The Kier molecular flexibility index (Phi) is 5.11. The summed E-state index contributed by atoms with van der Waals surface area (Å²) in [5, 5.41) is 1.23. The SMILES string of the molecule is COC(=O)c1cnc(N2CCc3[nH]c4ccc(-c5cccc(SC)c5)cc4c3C2)nc1. The number of hydrogen-bond donors (Lipinski definition) is 1. The summed E-state index contributed by atoms with van der Waals surface area (Å²) >= 11 is 1.75. The highest BCUT2D eigenvalue weighted by Crippen LogP contribution is 2.33. The number of anilines is 1. The molecule has 1 N–H and O–H groups in total. The van der Waals surface area contributed by atoms with E-state index in [-0.39, 0.29) is 0 Å². The van der Waals surface area contributed by atoms with Crippen LogP contribution in [0.2, 0.25) is 0 Å². The molecule has 6 nitrogen and oxygen atoms in total. The van der Waals surface area contributed by atoms with Gasteiger partial charge in [0, 0.05) is 59.0 Å². The van der Waals surface area contributed by atoms with Gasteiger partial charge in [0.25, 0.3) is 0 Å². The van der Waals surface area contributed by atoms with Gasteiger partial charge in [0.2, 0.25) is 5.95 Å². The number of methoxy groups -OCH3 is 1. The second kappa shape index (κ2) is 8.07. The van der Waals surface area contributed by atoms with Crippen LogP contribution >= 0.6 is 11.8 Å². The molecular formula is C24H22N4O2S. The fraction of sp³-hybridized carbons (Fsp3) is 0.208. The van der Waals surface area contributed by atoms with Gasteiger partial charge in [-0.3, -0.25) is 0 Å². The molecule has 3 heterocycles. The van der Waals surface area contributed by atoms with Crippen molar-refractivity contribution in [1.82, 2.24) is 15.0 Å². The number of rotatable bonds is 4. The summed E-state index contributed by atoms with van der Waals surface area (Å²) in [4.78, 5) is 27.4. The highest BCUT2D eigenvalue weighted by Gasteiger charge is 2.23. The first-order valence-corrected chi connectivity index (χ1v) is 11.3. The van der Waals surface area contributed by atoms with Gasteiger partial charge >= 0.3 is 5.97 Å². The van der Waals surface area contributed by atoms with Crippen LogP contribution in [0, 0.1) is 0 Å². The standard InChI is InChI=1S/C24H22N4O2S/c1-30-23(29)17-12-25-24(26-13-17)28-9-8-22-20(14-28)19-11-16(6-7-21(19)27-22)15-4-3-5-18(10-15)31-2/h3-7,10-13,27H,8-9,14H2,1-2H3. The monoisotopic (exact) mass is 430 g/mol. The molecule has 0 fully saturated rings. The maximum Gasteiger partial charge on any atom is 0.341 e. The molecule has 0 saturated heterocycles. The van der Waals surface area contributed by atoms with Crippen LogP contribution in [0.4, 0.5) is 5.95 Å². The summed E-state index contributed by atoms with van der Waals surface area (Å²) in [6.45, 7) is 1.54. The Morgan fingerprint density at radius 1 is 1.13 bits per heavy atom. The summed E-state index contributed by atoms with van der Waals surface area (Å²) < 4.78 is 4.73. The zero-order valence-electron chi connectivity index (χ0n) is 17.4. The second-order valence-corrected chi connectivity index (χ2v) is 8.39. The van der Waals surface area contributed by atoms with Gasteiger partial charge in [-0.15, -0.1) is 11.8 Å². The lowest BCUT2D eigenvalue weighted by atomic mass is 10.00. The molecule has 7 heteroatoms.